The van der Waals surface area contributed by atoms with E-state index in [0.29, 0.717) is 6.04 Å². The van der Waals surface area contributed by atoms with Gasteiger partial charge < -0.3 is 14.8 Å². The quantitative estimate of drug-likeness (QED) is 0.844. The fourth-order valence-corrected chi connectivity index (χ4v) is 2.60. The van der Waals surface area contributed by atoms with E-state index >= 15 is 0 Å². The van der Waals surface area contributed by atoms with Crippen LogP contribution in [0.3, 0.4) is 0 Å². The van der Waals surface area contributed by atoms with Crippen molar-refractivity contribution in [3.8, 4) is 5.75 Å². The molecule has 2 unspecified atom stereocenters. The molecule has 1 N–H and O–H groups in total. The zero-order valence-electron chi connectivity index (χ0n) is 12.9. The molecule has 0 saturated carbocycles. The minimum absolute atomic E-state index is 0.0279. The van der Waals surface area contributed by atoms with E-state index in [2.05, 4.69) is 38.2 Å². The summed E-state index contributed by atoms with van der Waals surface area (Å²) in [5, 5.41) is 3.62. The van der Waals surface area contributed by atoms with Crippen LogP contribution in [0.5, 0.6) is 5.75 Å². The number of hydrogen-bond acceptors (Lipinski definition) is 3. The predicted molar refractivity (Wildman–Crippen MR) is 83.5 cm³/mol. The van der Waals surface area contributed by atoms with E-state index in [1.54, 1.807) is 0 Å². The molecule has 1 aliphatic rings. The second kappa shape index (κ2) is 6.98. The maximum Gasteiger partial charge on any atom is 0.119 e. The van der Waals surface area contributed by atoms with Crippen molar-refractivity contribution in [2.45, 2.75) is 58.1 Å². The Balaban J connectivity index is 1.89. The lowest BCUT2D eigenvalue weighted by atomic mass is 9.90. The molecule has 1 fully saturated rings. The van der Waals surface area contributed by atoms with Crippen LogP contribution in [0.4, 0.5) is 5.69 Å². The molecule has 112 valence electrons. The van der Waals surface area contributed by atoms with E-state index < -0.39 is 0 Å². The summed E-state index contributed by atoms with van der Waals surface area (Å²) in [7, 11) is 0. The van der Waals surface area contributed by atoms with Gasteiger partial charge in [-0.3, -0.25) is 0 Å². The number of rotatable bonds is 6. The molecule has 0 amide bonds. The summed E-state index contributed by atoms with van der Waals surface area (Å²) in [6.07, 6.45) is 4.24. The van der Waals surface area contributed by atoms with Crippen molar-refractivity contribution in [1.82, 2.24) is 0 Å². The summed E-state index contributed by atoms with van der Waals surface area (Å²) in [6, 6.07) is 8.77. The number of anilines is 1. The van der Waals surface area contributed by atoms with E-state index in [1.165, 1.54) is 5.69 Å². The van der Waals surface area contributed by atoms with Crippen LogP contribution in [0.15, 0.2) is 24.3 Å². The Kier molecular flexibility index (Phi) is 5.30. The number of hydrogen-bond donors (Lipinski definition) is 1. The lowest BCUT2D eigenvalue weighted by Gasteiger charge is -2.38. The van der Waals surface area contributed by atoms with Crippen LogP contribution in [0.2, 0.25) is 0 Å². The van der Waals surface area contributed by atoms with Crippen LogP contribution in [0, 0.1) is 0 Å². The molecule has 0 spiro atoms. The maximum atomic E-state index is 5.89. The molecule has 3 nitrogen and oxygen atoms in total. The molecular weight excluding hydrogens is 250 g/mol. The molecule has 1 saturated heterocycles. The lowest BCUT2D eigenvalue weighted by molar-refractivity contribution is -0.0708. The fraction of sp³-hybridized carbons (Fsp3) is 0.647. The van der Waals surface area contributed by atoms with Gasteiger partial charge in [-0.25, -0.2) is 0 Å². The SMILES string of the molecule is CCCOc1ccc(NC2CCOC(C)(CC)C2)cc1. The Morgan fingerprint density at radius 1 is 1.30 bits per heavy atom. The van der Waals surface area contributed by atoms with Crippen molar-refractivity contribution >= 4 is 5.69 Å². The van der Waals surface area contributed by atoms with Gasteiger partial charge in [0.25, 0.3) is 0 Å². The molecule has 2 rings (SSSR count). The van der Waals surface area contributed by atoms with Gasteiger partial charge in [0.2, 0.25) is 0 Å². The first kappa shape index (κ1) is 15.2. The second-order valence-corrected chi connectivity index (χ2v) is 5.86. The van der Waals surface area contributed by atoms with Crippen LogP contribution < -0.4 is 10.1 Å². The van der Waals surface area contributed by atoms with Crippen molar-refractivity contribution in [3.63, 3.8) is 0 Å². The smallest absolute Gasteiger partial charge is 0.119 e. The maximum absolute atomic E-state index is 5.89. The van der Waals surface area contributed by atoms with Gasteiger partial charge in [0.1, 0.15) is 5.75 Å². The van der Waals surface area contributed by atoms with Crippen LogP contribution in [-0.4, -0.2) is 24.9 Å². The number of ether oxygens (including phenoxy) is 2. The van der Waals surface area contributed by atoms with Gasteiger partial charge in [-0.05, 0) is 56.9 Å². The first-order valence-electron chi connectivity index (χ1n) is 7.78. The van der Waals surface area contributed by atoms with Crippen molar-refractivity contribution in [1.29, 1.82) is 0 Å². The molecule has 0 aliphatic carbocycles. The summed E-state index contributed by atoms with van der Waals surface area (Å²) in [6.45, 7) is 8.15. The number of benzene rings is 1. The van der Waals surface area contributed by atoms with E-state index in [1.807, 2.05) is 12.1 Å². The van der Waals surface area contributed by atoms with Gasteiger partial charge in [0.05, 0.1) is 12.2 Å². The topological polar surface area (TPSA) is 30.5 Å². The molecule has 0 radical (unpaired) electrons. The highest BCUT2D eigenvalue weighted by molar-refractivity contribution is 5.47. The van der Waals surface area contributed by atoms with Gasteiger partial charge in [-0.2, -0.15) is 0 Å². The summed E-state index contributed by atoms with van der Waals surface area (Å²) in [5.41, 5.74) is 1.19. The molecule has 3 heteroatoms. The van der Waals surface area contributed by atoms with Gasteiger partial charge in [0.15, 0.2) is 0 Å². The van der Waals surface area contributed by atoms with Crippen LogP contribution in [0.1, 0.15) is 46.5 Å². The Morgan fingerprint density at radius 3 is 2.70 bits per heavy atom. The fourth-order valence-electron chi connectivity index (χ4n) is 2.60. The third kappa shape index (κ3) is 4.14. The van der Waals surface area contributed by atoms with Crippen LogP contribution in [0.25, 0.3) is 0 Å². The third-order valence-electron chi connectivity index (χ3n) is 4.04. The monoisotopic (exact) mass is 277 g/mol. The summed E-state index contributed by atoms with van der Waals surface area (Å²) in [5.74, 6) is 0.947. The Labute approximate surface area is 122 Å². The molecule has 1 aromatic carbocycles. The highest BCUT2D eigenvalue weighted by Gasteiger charge is 2.31. The van der Waals surface area contributed by atoms with Crippen molar-refractivity contribution in [3.05, 3.63) is 24.3 Å². The highest BCUT2D eigenvalue weighted by atomic mass is 16.5. The summed E-state index contributed by atoms with van der Waals surface area (Å²) in [4.78, 5) is 0. The van der Waals surface area contributed by atoms with Crippen molar-refractivity contribution in [2.24, 2.45) is 0 Å². The largest absolute Gasteiger partial charge is 0.494 e. The second-order valence-electron chi connectivity index (χ2n) is 5.86. The first-order valence-corrected chi connectivity index (χ1v) is 7.78. The summed E-state index contributed by atoms with van der Waals surface area (Å²) >= 11 is 0. The Morgan fingerprint density at radius 2 is 2.05 bits per heavy atom. The minimum Gasteiger partial charge on any atom is -0.494 e. The van der Waals surface area contributed by atoms with Crippen molar-refractivity contribution < 1.29 is 9.47 Å². The van der Waals surface area contributed by atoms with Gasteiger partial charge in [0, 0.05) is 18.3 Å². The molecule has 20 heavy (non-hydrogen) atoms. The zero-order chi connectivity index (χ0) is 14.4. The summed E-state index contributed by atoms with van der Waals surface area (Å²) < 4.78 is 11.5. The lowest BCUT2D eigenvalue weighted by Crippen LogP contribution is -2.41. The van der Waals surface area contributed by atoms with Gasteiger partial charge >= 0.3 is 0 Å². The predicted octanol–water partition coefficient (Wildman–Crippen LogP) is 4.24. The average molecular weight is 277 g/mol. The highest BCUT2D eigenvalue weighted by Crippen LogP contribution is 2.29. The van der Waals surface area contributed by atoms with Crippen LogP contribution in [-0.2, 0) is 4.74 Å². The molecule has 0 bridgehead atoms. The molecule has 1 heterocycles. The third-order valence-corrected chi connectivity index (χ3v) is 4.04. The van der Waals surface area contributed by atoms with Gasteiger partial charge in [-0.15, -0.1) is 0 Å². The standard InChI is InChI=1S/C17H27NO2/c1-4-11-19-16-8-6-14(7-9-16)18-15-10-12-20-17(3,5-2)13-15/h6-9,15,18H,4-5,10-13H2,1-3H3. The molecule has 1 aromatic rings. The molecule has 0 aromatic heterocycles. The van der Waals surface area contributed by atoms with E-state index in [9.17, 15) is 0 Å². The normalized spacial score (nSPS) is 26.2. The molecule has 2 atom stereocenters. The zero-order valence-corrected chi connectivity index (χ0v) is 12.9. The van der Waals surface area contributed by atoms with Crippen LogP contribution >= 0.6 is 0 Å². The molecule has 1 aliphatic heterocycles. The van der Waals surface area contributed by atoms with Crippen molar-refractivity contribution in [2.75, 3.05) is 18.5 Å². The van der Waals surface area contributed by atoms with E-state index in [4.69, 9.17) is 9.47 Å². The Hall–Kier alpha value is -1.22. The van der Waals surface area contributed by atoms with E-state index in [-0.39, 0.29) is 5.60 Å². The number of nitrogens with one attached hydrogen (secondary N) is 1. The minimum atomic E-state index is 0.0279. The van der Waals surface area contributed by atoms with Gasteiger partial charge in [-0.1, -0.05) is 13.8 Å². The Bertz CT molecular complexity index is 404. The first-order chi connectivity index (χ1) is 9.65. The molecular formula is C17H27NO2. The van der Waals surface area contributed by atoms with E-state index in [0.717, 1.165) is 44.6 Å². The average Bonchev–Trinajstić information content (AvgIpc) is 2.47.